The SMILES string of the molecule is Cn1cc2cc(-c3n[nH]c4ccc(-c5nnc([C@@H]6CCCN(C7CCc8ccccc87)C6)o5)cc34)ccc2n1. The minimum atomic E-state index is 0.257. The first-order valence-electron chi connectivity index (χ1n) is 13.8. The maximum absolute atomic E-state index is 6.33. The Balaban J connectivity index is 1.07. The Labute approximate surface area is 225 Å². The summed E-state index contributed by atoms with van der Waals surface area (Å²) in [5, 5.41) is 23.4. The van der Waals surface area contributed by atoms with Gasteiger partial charge in [-0.15, -0.1) is 10.2 Å². The summed E-state index contributed by atoms with van der Waals surface area (Å²) < 4.78 is 8.16. The van der Waals surface area contributed by atoms with Crippen LogP contribution in [0.3, 0.4) is 0 Å². The number of nitrogens with zero attached hydrogens (tertiary/aromatic N) is 6. The van der Waals surface area contributed by atoms with E-state index in [9.17, 15) is 0 Å². The van der Waals surface area contributed by atoms with Crippen molar-refractivity contribution in [3.05, 3.63) is 83.9 Å². The predicted molar refractivity (Wildman–Crippen MR) is 150 cm³/mol. The standard InChI is InChI=1S/C31H29N7O/c1-37-17-23-15-20(8-11-26(23)36-37)29-25-16-21(9-12-27(25)32-33-29)30-34-35-31(39-30)22-6-4-14-38(18-22)28-13-10-19-5-2-3-7-24(19)28/h2-3,5,7-9,11-12,15-17,22,28H,4,6,10,13-14,18H2,1H3,(H,32,33)/t22-,28?/m1/s1. The molecule has 8 rings (SSSR count). The second-order valence-corrected chi connectivity index (χ2v) is 10.9. The highest BCUT2D eigenvalue weighted by Gasteiger charge is 2.33. The Hall–Kier alpha value is -4.30. The summed E-state index contributed by atoms with van der Waals surface area (Å²) in [4.78, 5) is 2.63. The van der Waals surface area contributed by atoms with Crippen LogP contribution in [0.25, 0.3) is 44.5 Å². The number of hydrogen-bond acceptors (Lipinski definition) is 6. The van der Waals surface area contributed by atoms with Crippen LogP contribution >= 0.6 is 0 Å². The van der Waals surface area contributed by atoms with E-state index in [2.05, 4.69) is 72.9 Å². The molecule has 1 saturated heterocycles. The van der Waals surface area contributed by atoms with E-state index < -0.39 is 0 Å². The number of rotatable bonds is 4. The van der Waals surface area contributed by atoms with Crippen molar-refractivity contribution in [1.29, 1.82) is 0 Å². The summed E-state index contributed by atoms with van der Waals surface area (Å²) in [7, 11) is 1.94. The van der Waals surface area contributed by atoms with Crippen molar-refractivity contribution >= 4 is 21.8 Å². The van der Waals surface area contributed by atoms with Crippen molar-refractivity contribution in [3.63, 3.8) is 0 Å². The minimum absolute atomic E-state index is 0.257. The van der Waals surface area contributed by atoms with Gasteiger partial charge in [0.2, 0.25) is 11.8 Å². The summed E-state index contributed by atoms with van der Waals surface area (Å²) >= 11 is 0. The zero-order valence-electron chi connectivity index (χ0n) is 21.8. The topological polar surface area (TPSA) is 88.7 Å². The van der Waals surface area contributed by atoms with Crippen LogP contribution in [0.15, 0.2) is 71.3 Å². The van der Waals surface area contributed by atoms with Gasteiger partial charge in [-0.25, -0.2) is 0 Å². The molecule has 3 aromatic heterocycles. The quantitative estimate of drug-likeness (QED) is 0.308. The van der Waals surface area contributed by atoms with E-state index in [0.29, 0.717) is 11.9 Å². The second kappa shape index (κ2) is 8.88. The molecular weight excluding hydrogens is 486 g/mol. The van der Waals surface area contributed by atoms with E-state index in [1.165, 1.54) is 24.0 Å². The normalized spacial score (nSPS) is 19.7. The molecule has 1 aliphatic carbocycles. The molecule has 0 amide bonds. The van der Waals surface area contributed by atoms with Gasteiger partial charge in [0, 0.05) is 47.7 Å². The first-order chi connectivity index (χ1) is 19.2. The van der Waals surface area contributed by atoms with Crippen LogP contribution in [0.1, 0.15) is 48.2 Å². The number of fused-ring (bicyclic) bond motifs is 3. The van der Waals surface area contributed by atoms with Gasteiger partial charge in [-0.3, -0.25) is 14.7 Å². The van der Waals surface area contributed by atoms with Gasteiger partial charge in [0.15, 0.2) is 0 Å². The average molecular weight is 516 g/mol. The molecule has 0 bridgehead atoms. The van der Waals surface area contributed by atoms with Crippen molar-refractivity contribution in [1.82, 2.24) is 35.1 Å². The summed E-state index contributed by atoms with van der Waals surface area (Å²) in [6.07, 6.45) is 6.61. The molecule has 194 valence electrons. The monoisotopic (exact) mass is 515 g/mol. The van der Waals surface area contributed by atoms with Gasteiger partial charge < -0.3 is 4.42 Å². The van der Waals surface area contributed by atoms with Crippen LogP contribution in [0.4, 0.5) is 0 Å². The predicted octanol–water partition coefficient (Wildman–Crippen LogP) is 6.03. The molecule has 0 radical (unpaired) electrons. The van der Waals surface area contributed by atoms with Gasteiger partial charge in [0.25, 0.3) is 0 Å². The second-order valence-electron chi connectivity index (χ2n) is 10.9. The Bertz CT molecular complexity index is 1830. The fourth-order valence-electron chi connectivity index (χ4n) is 6.58. The molecule has 39 heavy (non-hydrogen) atoms. The maximum atomic E-state index is 6.33. The van der Waals surface area contributed by atoms with Crippen LogP contribution in [-0.4, -0.2) is 48.2 Å². The lowest BCUT2D eigenvalue weighted by molar-refractivity contribution is 0.139. The van der Waals surface area contributed by atoms with Gasteiger partial charge in [-0.1, -0.05) is 30.3 Å². The number of hydrogen-bond donors (Lipinski definition) is 1. The number of aryl methyl sites for hydroxylation is 2. The third kappa shape index (κ3) is 3.86. The highest BCUT2D eigenvalue weighted by molar-refractivity contribution is 5.97. The van der Waals surface area contributed by atoms with Crippen molar-refractivity contribution in [2.45, 2.75) is 37.6 Å². The molecule has 4 heterocycles. The zero-order valence-corrected chi connectivity index (χ0v) is 21.8. The van der Waals surface area contributed by atoms with Gasteiger partial charge in [-0.05, 0) is 73.7 Å². The molecule has 2 atom stereocenters. The van der Waals surface area contributed by atoms with E-state index in [1.54, 1.807) is 0 Å². The van der Waals surface area contributed by atoms with Crippen molar-refractivity contribution in [2.75, 3.05) is 13.1 Å². The molecular formula is C31H29N7O. The summed E-state index contributed by atoms with van der Waals surface area (Å²) in [5.74, 6) is 1.56. The number of piperidine rings is 1. The van der Waals surface area contributed by atoms with E-state index in [1.807, 2.05) is 36.1 Å². The number of H-pyrrole nitrogens is 1. The number of aromatic nitrogens is 6. The molecule has 0 spiro atoms. The molecule has 6 aromatic rings. The van der Waals surface area contributed by atoms with Gasteiger partial charge >= 0.3 is 0 Å². The lowest BCUT2D eigenvalue weighted by Gasteiger charge is -2.36. The molecule has 1 N–H and O–H groups in total. The first-order valence-corrected chi connectivity index (χ1v) is 13.8. The van der Waals surface area contributed by atoms with Crippen LogP contribution < -0.4 is 0 Å². The molecule has 8 nitrogen and oxygen atoms in total. The molecule has 8 heteroatoms. The summed E-state index contributed by atoms with van der Waals surface area (Å²) in [6, 6.07) is 21.8. The Morgan fingerprint density at radius 3 is 2.87 bits per heavy atom. The number of aromatic amines is 1. The van der Waals surface area contributed by atoms with E-state index in [0.717, 1.165) is 70.4 Å². The number of likely N-dealkylation sites (tertiary alicyclic amines) is 1. The van der Waals surface area contributed by atoms with E-state index >= 15 is 0 Å². The fourth-order valence-corrected chi connectivity index (χ4v) is 6.58. The lowest BCUT2D eigenvalue weighted by Crippen LogP contribution is -2.36. The van der Waals surface area contributed by atoms with Crippen molar-refractivity contribution in [3.8, 4) is 22.7 Å². The molecule has 1 unspecified atom stereocenters. The summed E-state index contributed by atoms with van der Waals surface area (Å²) in [5.41, 5.74) is 7.79. The van der Waals surface area contributed by atoms with E-state index in [-0.39, 0.29) is 5.92 Å². The first kappa shape index (κ1) is 22.7. The van der Waals surface area contributed by atoms with E-state index in [4.69, 9.17) is 4.42 Å². The Morgan fingerprint density at radius 1 is 0.974 bits per heavy atom. The molecule has 0 saturated carbocycles. The molecule has 1 aliphatic heterocycles. The molecule has 1 fully saturated rings. The average Bonchev–Trinajstić information content (AvgIpc) is 3.77. The van der Waals surface area contributed by atoms with Crippen LogP contribution in [0.5, 0.6) is 0 Å². The number of nitrogens with one attached hydrogen (secondary N) is 1. The van der Waals surface area contributed by atoms with Crippen molar-refractivity contribution in [2.24, 2.45) is 7.05 Å². The van der Waals surface area contributed by atoms with Crippen molar-refractivity contribution < 1.29 is 4.42 Å². The number of benzene rings is 3. The zero-order chi connectivity index (χ0) is 25.9. The van der Waals surface area contributed by atoms with Gasteiger partial charge in [-0.2, -0.15) is 10.2 Å². The minimum Gasteiger partial charge on any atom is -0.420 e. The highest BCUT2D eigenvalue weighted by atomic mass is 16.4. The van der Waals surface area contributed by atoms with Crippen LogP contribution in [-0.2, 0) is 13.5 Å². The largest absolute Gasteiger partial charge is 0.420 e. The van der Waals surface area contributed by atoms with Gasteiger partial charge in [0.05, 0.1) is 22.6 Å². The summed E-state index contributed by atoms with van der Waals surface area (Å²) in [6.45, 7) is 2.09. The molecule has 3 aromatic carbocycles. The van der Waals surface area contributed by atoms with Crippen LogP contribution in [0.2, 0.25) is 0 Å². The highest BCUT2D eigenvalue weighted by Crippen LogP contribution is 2.40. The Morgan fingerprint density at radius 2 is 1.90 bits per heavy atom. The van der Waals surface area contributed by atoms with Crippen LogP contribution in [0, 0.1) is 0 Å². The molecule has 2 aliphatic rings. The van der Waals surface area contributed by atoms with Gasteiger partial charge in [0.1, 0.15) is 0 Å². The third-order valence-corrected chi connectivity index (χ3v) is 8.49. The maximum Gasteiger partial charge on any atom is 0.247 e. The fraction of sp³-hybridized carbons (Fsp3) is 0.290. The third-order valence-electron chi connectivity index (χ3n) is 8.49. The smallest absolute Gasteiger partial charge is 0.247 e. The lowest BCUT2D eigenvalue weighted by atomic mass is 9.95. The Kier molecular flexibility index (Phi) is 5.16.